The van der Waals surface area contributed by atoms with Gasteiger partial charge in [0.1, 0.15) is 17.5 Å². The van der Waals surface area contributed by atoms with E-state index in [0.29, 0.717) is 34.4 Å². The number of carbonyl (C=O) groups excluding carboxylic acids is 2. The molecule has 18 nitrogen and oxygen atoms in total. The van der Waals surface area contributed by atoms with Gasteiger partial charge in [-0.15, -0.1) is 20.5 Å². The molecule has 5 heterocycles. The molecule has 0 aromatic carbocycles. The average Bonchev–Trinajstić information content (AvgIpc) is 3.73. The van der Waals surface area contributed by atoms with Crippen molar-refractivity contribution in [2.75, 3.05) is 25.7 Å². The highest BCUT2D eigenvalue weighted by molar-refractivity contribution is 7.10. The molecular weight excluding hydrogens is 612 g/mol. The van der Waals surface area contributed by atoms with Gasteiger partial charge in [-0.3, -0.25) is 0 Å². The highest BCUT2D eigenvalue weighted by Gasteiger charge is 2.22. The number of aromatic nitrogens is 8. The number of hydrogen-bond acceptors (Lipinski definition) is 18. The van der Waals surface area contributed by atoms with Gasteiger partial charge < -0.3 is 20.9 Å². The van der Waals surface area contributed by atoms with Gasteiger partial charge in [-0.25, -0.2) is 19.6 Å². The van der Waals surface area contributed by atoms with Gasteiger partial charge in [0.25, 0.3) is 0 Å². The number of nitrogens with zero attached hydrogens (tertiary/aromatic N) is 12. The van der Waals surface area contributed by atoms with Crippen LogP contribution in [0.2, 0.25) is 0 Å². The quantitative estimate of drug-likeness (QED) is 0.176. The fourth-order valence-electron chi connectivity index (χ4n) is 3.96. The normalized spacial score (nSPS) is 11.6. The van der Waals surface area contributed by atoms with Crippen LogP contribution in [0.25, 0.3) is 11.6 Å². The minimum atomic E-state index is -0.568. The Morgan fingerprint density at radius 3 is 1.50 bits per heavy atom. The van der Waals surface area contributed by atoms with E-state index >= 15 is 0 Å². The van der Waals surface area contributed by atoms with Crippen molar-refractivity contribution in [1.29, 1.82) is 0 Å². The van der Waals surface area contributed by atoms with Crippen LogP contribution in [0.15, 0.2) is 32.9 Å². The third kappa shape index (κ3) is 5.38. The number of nitrogen functional groups attached to an aromatic ring is 2. The summed E-state index contributed by atoms with van der Waals surface area (Å²) in [5.74, 6) is -0.281. The van der Waals surface area contributed by atoms with E-state index in [-0.39, 0.29) is 44.1 Å². The Kier molecular flexibility index (Phi) is 8.18. The monoisotopic (exact) mass is 636 g/mol. The molecule has 0 amide bonds. The minimum Gasteiger partial charge on any atom is -0.465 e. The summed E-state index contributed by atoms with van der Waals surface area (Å²) < 4.78 is 20.7. The second-order valence-electron chi connectivity index (χ2n) is 8.98. The van der Waals surface area contributed by atoms with Crippen LogP contribution in [-0.4, -0.2) is 64.4 Å². The van der Waals surface area contributed by atoms with Crippen LogP contribution >= 0.6 is 23.1 Å². The summed E-state index contributed by atoms with van der Waals surface area (Å²) in [5.41, 5.74) is 15.6. The second-order valence-corrected chi connectivity index (χ2v) is 10.5. The molecule has 0 unspecified atom stereocenters. The summed E-state index contributed by atoms with van der Waals surface area (Å²) >= 11 is 2.01. The van der Waals surface area contributed by atoms with E-state index in [1.54, 1.807) is 33.8 Å². The molecule has 20 heteroatoms. The van der Waals surface area contributed by atoms with Crippen LogP contribution in [0.5, 0.6) is 0 Å². The molecule has 0 spiro atoms. The molecule has 0 atom stereocenters. The Morgan fingerprint density at radius 1 is 0.705 bits per heavy atom. The molecule has 5 rings (SSSR count). The summed E-state index contributed by atoms with van der Waals surface area (Å²) in [6, 6.07) is 1.57. The van der Waals surface area contributed by atoms with Crippen molar-refractivity contribution in [2.24, 2.45) is 20.5 Å². The third-order valence-corrected chi connectivity index (χ3v) is 7.80. The maximum Gasteiger partial charge on any atom is 0.342 e. The van der Waals surface area contributed by atoms with Gasteiger partial charge in [0.15, 0.2) is 44.6 Å². The summed E-state index contributed by atoms with van der Waals surface area (Å²) in [6.45, 7) is 6.75. The van der Waals surface area contributed by atoms with Crippen LogP contribution in [0.4, 0.5) is 33.0 Å². The first-order valence-corrected chi connectivity index (χ1v) is 14.1. The Labute approximate surface area is 256 Å². The standard InChI is InChI=1S/C24H24N14O4S2/c1-9-15(23(39)41-5)21(43-35-9)31-29-17-11(3)33-37(19(17)25)13-7-14(28-8-27-13)38-20(26)18(12(4)34-38)30-32-22-16(24(40)42-6)10(2)36-44-22/h7-8H,25-26H2,1-6H3/b31-29+,32-30+. The molecule has 5 aromatic heterocycles. The molecule has 0 radical (unpaired) electrons. The largest absolute Gasteiger partial charge is 0.465 e. The van der Waals surface area contributed by atoms with E-state index in [4.69, 9.17) is 20.9 Å². The number of ether oxygens (including phenoxy) is 2. The molecule has 0 aliphatic carbocycles. The Hall–Kier alpha value is -5.50. The molecule has 0 saturated heterocycles. The van der Waals surface area contributed by atoms with Gasteiger partial charge in [-0.2, -0.15) is 28.3 Å². The first kappa shape index (κ1) is 30.0. The van der Waals surface area contributed by atoms with E-state index in [1.165, 1.54) is 29.9 Å². The average molecular weight is 637 g/mol. The van der Waals surface area contributed by atoms with Crippen LogP contribution in [0, 0.1) is 27.7 Å². The molecule has 5 aromatic rings. The van der Waals surface area contributed by atoms with Gasteiger partial charge in [0.05, 0.1) is 37.0 Å². The molecule has 226 valence electrons. The predicted octanol–water partition coefficient (Wildman–Crippen LogP) is 4.56. The molecule has 0 bridgehead atoms. The van der Waals surface area contributed by atoms with E-state index in [1.807, 2.05) is 0 Å². The number of carbonyl (C=O) groups is 2. The van der Waals surface area contributed by atoms with Crippen molar-refractivity contribution >= 4 is 68.0 Å². The number of nitrogens with two attached hydrogens (primary N) is 2. The van der Waals surface area contributed by atoms with Crippen molar-refractivity contribution in [2.45, 2.75) is 27.7 Å². The fraction of sp³-hybridized carbons (Fsp3) is 0.250. The number of azo groups is 2. The van der Waals surface area contributed by atoms with E-state index in [2.05, 4.69) is 49.4 Å². The number of anilines is 2. The van der Waals surface area contributed by atoms with Crippen LogP contribution in [0.3, 0.4) is 0 Å². The Morgan fingerprint density at radius 2 is 1.11 bits per heavy atom. The lowest BCUT2D eigenvalue weighted by Crippen LogP contribution is -2.09. The summed E-state index contributed by atoms with van der Waals surface area (Å²) in [7, 11) is 2.55. The molecule has 0 aliphatic rings. The van der Waals surface area contributed by atoms with Crippen molar-refractivity contribution in [3.05, 3.63) is 46.3 Å². The van der Waals surface area contributed by atoms with Crippen LogP contribution in [-0.2, 0) is 9.47 Å². The Bertz CT molecular complexity index is 1830. The lowest BCUT2D eigenvalue weighted by Gasteiger charge is -2.06. The highest BCUT2D eigenvalue weighted by Crippen LogP contribution is 2.36. The second kappa shape index (κ2) is 12.0. The molecule has 0 aliphatic heterocycles. The van der Waals surface area contributed by atoms with Crippen LogP contribution < -0.4 is 11.5 Å². The zero-order valence-electron chi connectivity index (χ0n) is 24.1. The lowest BCUT2D eigenvalue weighted by molar-refractivity contribution is 0.0592. The van der Waals surface area contributed by atoms with Gasteiger partial charge >= 0.3 is 11.9 Å². The highest BCUT2D eigenvalue weighted by atomic mass is 32.1. The molecule has 44 heavy (non-hydrogen) atoms. The first-order valence-electron chi connectivity index (χ1n) is 12.5. The van der Waals surface area contributed by atoms with E-state index in [0.717, 1.165) is 23.1 Å². The number of methoxy groups -OCH3 is 2. The minimum absolute atomic E-state index is 0.136. The summed E-state index contributed by atoms with van der Waals surface area (Å²) in [6.07, 6.45) is 1.30. The SMILES string of the molecule is COC(=O)c1c(C)nsc1/N=N/c1c(C)nn(-c2cc(-n3nc(C)c(/N=N/c4snc(C)c4C(=O)OC)c3N)ncn2)c1N. The maximum absolute atomic E-state index is 12.1. The molecule has 0 saturated carbocycles. The van der Waals surface area contributed by atoms with Crippen molar-refractivity contribution in [3.8, 4) is 11.6 Å². The topological polar surface area (TPSA) is 241 Å². The zero-order chi connectivity index (χ0) is 31.7. The fourth-order valence-corrected chi connectivity index (χ4v) is 5.38. The lowest BCUT2D eigenvalue weighted by atomic mass is 10.2. The van der Waals surface area contributed by atoms with E-state index < -0.39 is 11.9 Å². The van der Waals surface area contributed by atoms with Gasteiger partial charge in [-0.1, -0.05) is 0 Å². The molecule has 4 N–H and O–H groups in total. The van der Waals surface area contributed by atoms with Crippen molar-refractivity contribution < 1.29 is 19.1 Å². The van der Waals surface area contributed by atoms with Crippen LogP contribution in [0.1, 0.15) is 43.5 Å². The maximum atomic E-state index is 12.1. The number of esters is 2. The van der Waals surface area contributed by atoms with E-state index in [9.17, 15) is 9.59 Å². The molecular formula is C24H24N14O4S2. The van der Waals surface area contributed by atoms with Crippen molar-refractivity contribution in [3.63, 3.8) is 0 Å². The Balaban J connectivity index is 1.46. The van der Waals surface area contributed by atoms with Gasteiger partial charge in [0.2, 0.25) is 0 Å². The molecule has 0 fully saturated rings. The number of aryl methyl sites for hydroxylation is 4. The predicted molar refractivity (Wildman–Crippen MR) is 159 cm³/mol. The summed E-state index contributed by atoms with van der Waals surface area (Å²) in [4.78, 5) is 32.9. The van der Waals surface area contributed by atoms with Crippen molar-refractivity contribution in [1.82, 2.24) is 38.3 Å². The van der Waals surface area contributed by atoms with Gasteiger partial charge in [-0.05, 0) is 50.8 Å². The number of hydrogen-bond donors (Lipinski definition) is 2. The first-order chi connectivity index (χ1) is 21.0. The smallest absolute Gasteiger partial charge is 0.342 e. The number of rotatable bonds is 8. The zero-order valence-corrected chi connectivity index (χ0v) is 25.8. The summed E-state index contributed by atoms with van der Waals surface area (Å²) in [5, 5.41) is 26.3. The van der Waals surface area contributed by atoms with Gasteiger partial charge in [0, 0.05) is 6.07 Å². The third-order valence-electron chi connectivity index (χ3n) is 6.15.